The average molecular weight is 433 g/mol. The van der Waals surface area contributed by atoms with E-state index < -0.39 is 9.84 Å². The third-order valence-corrected chi connectivity index (χ3v) is 7.79. The molecule has 1 fully saturated rings. The van der Waals surface area contributed by atoms with E-state index in [4.69, 9.17) is 14.1 Å². The van der Waals surface area contributed by atoms with E-state index in [1.54, 1.807) is 18.4 Å². The molecule has 0 saturated carbocycles. The molecule has 1 aliphatic heterocycles. The SMILES string of the molecule is COc1ccc(CN(Cc2csc(-c3ccc(C)o3)n2)[C@@H]2CCS(=O)(=O)C2)cc1. The van der Waals surface area contributed by atoms with Gasteiger partial charge in [-0.2, -0.15) is 0 Å². The lowest BCUT2D eigenvalue weighted by molar-refractivity contribution is 0.192. The zero-order chi connectivity index (χ0) is 20.4. The Morgan fingerprint density at radius 3 is 2.62 bits per heavy atom. The van der Waals surface area contributed by atoms with Crippen molar-refractivity contribution >= 4 is 21.2 Å². The molecular formula is C21H24N2O4S2. The predicted molar refractivity (Wildman–Crippen MR) is 114 cm³/mol. The molecule has 0 aliphatic carbocycles. The maximum absolute atomic E-state index is 12.1. The van der Waals surface area contributed by atoms with Crippen LogP contribution in [-0.4, -0.2) is 43.0 Å². The summed E-state index contributed by atoms with van der Waals surface area (Å²) in [6.45, 7) is 3.18. The molecule has 1 aliphatic rings. The first kappa shape index (κ1) is 20.1. The van der Waals surface area contributed by atoms with E-state index >= 15 is 0 Å². The molecule has 3 aromatic rings. The Bertz CT molecular complexity index is 1070. The summed E-state index contributed by atoms with van der Waals surface area (Å²) in [6, 6.07) is 11.8. The summed E-state index contributed by atoms with van der Waals surface area (Å²) in [5, 5.41) is 2.87. The van der Waals surface area contributed by atoms with Crippen LogP contribution in [0.5, 0.6) is 5.75 Å². The summed E-state index contributed by atoms with van der Waals surface area (Å²) in [5.74, 6) is 2.89. The van der Waals surface area contributed by atoms with E-state index in [-0.39, 0.29) is 17.5 Å². The highest BCUT2D eigenvalue weighted by atomic mass is 32.2. The van der Waals surface area contributed by atoms with Gasteiger partial charge in [0.1, 0.15) is 11.5 Å². The molecule has 4 rings (SSSR count). The first-order valence-corrected chi connectivity index (χ1v) is 12.2. The molecule has 0 N–H and O–H groups in total. The number of aryl methyl sites for hydroxylation is 1. The number of aromatic nitrogens is 1. The Balaban J connectivity index is 1.54. The predicted octanol–water partition coefficient (Wildman–Crippen LogP) is 3.91. The van der Waals surface area contributed by atoms with Gasteiger partial charge in [-0.15, -0.1) is 11.3 Å². The van der Waals surface area contributed by atoms with Gasteiger partial charge in [0, 0.05) is 24.5 Å². The van der Waals surface area contributed by atoms with Crippen LogP contribution in [0.3, 0.4) is 0 Å². The van der Waals surface area contributed by atoms with Crippen LogP contribution in [0, 0.1) is 6.92 Å². The number of benzene rings is 1. The second-order valence-corrected chi connectivity index (χ2v) is 10.5. The third-order valence-electron chi connectivity index (χ3n) is 5.14. The molecule has 0 radical (unpaired) electrons. The van der Waals surface area contributed by atoms with Crippen molar-refractivity contribution < 1.29 is 17.6 Å². The molecule has 0 unspecified atom stereocenters. The topological polar surface area (TPSA) is 72.6 Å². The Morgan fingerprint density at radius 2 is 2.00 bits per heavy atom. The van der Waals surface area contributed by atoms with Gasteiger partial charge in [-0.1, -0.05) is 12.1 Å². The zero-order valence-electron chi connectivity index (χ0n) is 16.5. The molecule has 1 saturated heterocycles. The molecule has 0 spiro atoms. The van der Waals surface area contributed by atoms with Crippen LogP contribution >= 0.6 is 11.3 Å². The van der Waals surface area contributed by atoms with Gasteiger partial charge in [0.05, 0.1) is 24.3 Å². The van der Waals surface area contributed by atoms with Gasteiger partial charge >= 0.3 is 0 Å². The lowest BCUT2D eigenvalue weighted by atomic mass is 10.1. The largest absolute Gasteiger partial charge is 0.497 e. The van der Waals surface area contributed by atoms with Crippen LogP contribution in [0.2, 0.25) is 0 Å². The van der Waals surface area contributed by atoms with Gasteiger partial charge in [-0.05, 0) is 43.2 Å². The maximum atomic E-state index is 12.1. The molecule has 154 valence electrons. The highest BCUT2D eigenvalue weighted by Crippen LogP contribution is 2.28. The van der Waals surface area contributed by atoms with Crippen LogP contribution < -0.4 is 4.74 Å². The fraction of sp³-hybridized carbons (Fsp3) is 0.381. The van der Waals surface area contributed by atoms with Crippen LogP contribution in [0.4, 0.5) is 0 Å². The number of hydrogen-bond acceptors (Lipinski definition) is 7. The van der Waals surface area contributed by atoms with Gasteiger partial charge in [-0.25, -0.2) is 13.4 Å². The molecular weight excluding hydrogens is 408 g/mol. The van der Waals surface area contributed by atoms with E-state index in [9.17, 15) is 8.42 Å². The number of rotatable bonds is 7. The van der Waals surface area contributed by atoms with E-state index in [0.717, 1.165) is 33.5 Å². The van der Waals surface area contributed by atoms with Gasteiger partial charge < -0.3 is 9.15 Å². The number of methoxy groups -OCH3 is 1. The fourth-order valence-electron chi connectivity index (χ4n) is 3.59. The lowest BCUT2D eigenvalue weighted by Gasteiger charge is -2.27. The van der Waals surface area contributed by atoms with Crippen molar-refractivity contribution in [2.45, 2.75) is 32.5 Å². The average Bonchev–Trinajstić information content (AvgIpc) is 3.42. The number of furan rings is 1. The third kappa shape index (κ3) is 4.88. The summed E-state index contributed by atoms with van der Waals surface area (Å²) < 4.78 is 35.0. The van der Waals surface area contributed by atoms with Crippen molar-refractivity contribution in [3.63, 3.8) is 0 Å². The number of nitrogens with zero attached hydrogens (tertiary/aromatic N) is 2. The number of sulfone groups is 1. The van der Waals surface area contributed by atoms with E-state index in [2.05, 4.69) is 4.90 Å². The highest BCUT2D eigenvalue weighted by molar-refractivity contribution is 7.91. The van der Waals surface area contributed by atoms with Crippen LogP contribution in [0.15, 0.2) is 46.2 Å². The van der Waals surface area contributed by atoms with Crippen LogP contribution in [-0.2, 0) is 22.9 Å². The minimum absolute atomic E-state index is 0.00175. The van der Waals surface area contributed by atoms with Crippen molar-refractivity contribution in [3.8, 4) is 16.5 Å². The quantitative estimate of drug-likeness (QED) is 0.564. The molecule has 29 heavy (non-hydrogen) atoms. The number of ether oxygens (including phenoxy) is 1. The molecule has 1 aromatic carbocycles. The van der Waals surface area contributed by atoms with E-state index in [1.807, 2.05) is 48.7 Å². The molecule has 2 aromatic heterocycles. The molecule has 8 heteroatoms. The highest BCUT2D eigenvalue weighted by Gasteiger charge is 2.32. The Hall–Kier alpha value is -2.16. The molecule has 0 bridgehead atoms. The van der Waals surface area contributed by atoms with Gasteiger partial charge in [0.2, 0.25) is 0 Å². The Morgan fingerprint density at radius 1 is 1.21 bits per heavy atom. The second-order valence-electron chi connectivity index (χ2n) is 7.36. The first-order valence-electron chi connectivity index (χ1n) is 9.50. The minimum atomic E-state index is -2.97. The number of hydrogen-bond donors (Lipinski definition) is 0. The molecule has 3 heterocycles. The van der Waals surface area contributed by atoms with Crippen molar-refractivity contribution in [1.29, 1.82) is 0 Å². The summed E-state index contributed by atoms with van der Waals surface area (Å²) in [5.41, 5.74) is 2.05. The normalized spacial score (nSPS) is 18.4. The second kappa shape index (κ2) is 8.30. The molecule has 6 nitrogen and oxygen atoms in total. The lowest BCUT2D eigenvalue weighted by Crippen LogP contribution is -2.35. The minimum Gasteiger partial charge on any atom is -0.497 e. The van der Waals surface area contributed by atoms with Crippen molar-refractivity contribution in [2.24, 2.45) is 0 Å². The van der Waals surface area contributed by atoms with Gasteiger partial charge in [0.15, 0.2) is 20.6 Å². The maximum Gasteiger partial charge on any atom is 0.162 e. The van der Waals surface area contributed by atoms with Crippen molar-refractivity contribution in [2.75, 3.05) is 18.6 Å². The van der Waals surface area contributed by atoms with E-state index in [0.29, 0.717) is 19.5 Å². The summed E-state index contributed by atoms with van der Waals surface area (Å²) >= 11 is 1.55. The van der Waals surface area contributed by atoms with Crippen molar-refractivity contribution in [3.05, 3.63) is 58.8 Å². The van der Waals surface area contributed by atoms with Gasteiger partial charge in [0.25, 0.3) is 0 Å². The Kier molecular flexibility index (Phi) is 5.76. The number of thiazole rings is 1. The molecule has 1 atom stereocenters. The van der Waals surface area contributed by atoms with E-state index in [1.165, 1.54) is 0 Å². The fourth-order valence-corrected chi connectivity index (χ4v) is 6.13. The van der Waals surface area contributed by atoms with Crippen LogP contribution in [0.1, 0.15) is 23.4 Å². The zero-order valence-corrected chi connectivity index (χ0v) is 18.1. The van der Waals surface area contributed by atoms with Crippen LogP contribution in [0.25, 0.3) is 10.8 Å². The standard InChI is InChI=1S/C21H24N2O4S2/c1-15-3-8-20(27-15)21-22-17(13-28-21)12-23(18-9-10-29(24,25)14-18)11-16-4-6-19(26-2)7-5-16/h3-8,13,18H,9-12,14H2,1-2H3/t18-/m1/s1. The summed E-state index contributed by atoms with van der Waals surface area (Å²) in [4.78, 5) is 6.94. The first-order chi connectivity index (χ1) is 13.9. The summed E-state index contributed by atoms with van der Waals surface area (Å²) in [7, 11) is -1.32. The monoisotopic (exact) mass is 432 g/mol. The molecule has 0 amide bonds. The van der Waals surface area contributed by atoms with Gasteiger partial charge in [-0.3, -0.25) is 4.90 Å². The smallest absolute Gasteiger partial charge is 0.162 e. The summed E-state index contributed by atoms with van der Waals surface area (Å²) in [6.07, 6.45) is 0.660. The Labute approximate surface area is 175 Å². The van der Waals surface area contributed by atoms with Crippen molar-refractivity contribution in [1.82, 2.24) is 9.88 Å².